The Bertz CT molecular complexity index is 551. The first-order chi connectivity index (χ1) is 10.1. The molecule has 3 rings (SSSR count). The van der Waals surface area contributed by atoms with E-state index >= 15 is 0 Å². The van der Waals surface area contributed by atoms with E-state index in [0.717, 1.165) is 56.2 Å². The molecule has 0 radical (unpaired) electrons. The maximum atomic E-state index is 11.6. The van der Waals surface area contributed by atoms with Gasteiger partial charge in [0.2, 0.25) is 5.88 Å². The molecule has 1 aromatic rings. The molecule has 4 N–H and O–H groups in total. The molecule has 1 fully saturated rings. The van der Waals surface area contributed by atoms with Crippen molar-refractivity contribution in [3.63, 3.8) is 0 Å². The van der Waals surface area contributed by atoms with E-state index in [2.05, 4.69) is 4.98 Å². The summed E-state index contributed by atoms with van der Waals surface area (Å²) in [5.74, 6) is -0.125. The molecule has 0 bridgehead atoms. The normalized spacial score (nSPS) is 20.0. The smallest absolute Gasteiger partial charge is 0.254 e. The summed E-state index contributed by atoms with van der Waals surface area (Å²) in [6.45, 7) is 0.402. The molecule has 1 saturated carbocycles. The van der Waals surface area contributed by atoms with Gasteiger partial charge in [-0.05, 0) is 43.7 Å². The fourth-order valence-corrected chi connectivity index (χ4v) is 3.35. The van der Waals surface area contributed by atoms with E-state index in [4.69, 9.17) is 16.2 Å². The number of primary amides is 1. The van der Waals surface area contributed by atoms with Gasteiger partial charge in [-0.1, -0.05) is 19.3 Å². The summed E-state index contributed by atoms with van der Waals surface area (Å²) in [6.07, 6.45) is 8.42. The van der Waals surface area contributed by atoms with Crippen molar-refractivity contribution in [2.24, 2.45) is 11.5 Å². The predicted octanol–water partition coefficient (Wildman–Crippen LogP) is 1.71. The molecule has 0 saturated heterocycles. The number of fused-ring (bicyclic) bond motifs is 1. The first-order valence-electron chi connectivity index (χ1n) is 7.82. The van der Waals surface area contributed by atoms with Crippen LogP contribution in [0, 0.1) is 0 Å². The van der Waals surface area contributed by atoms with Crippen molar-refractivity contribution in [2.45, 2.75) is 56.9 Å². The van der Waals surface area contributed by atoms with Crippen LogP contribution in [0.3, 0.4) is 0 Å². The summed E-state index contributed by atoms with van der Waals surface area (Å²) < 4.78 is 5.83. The van der Waals surface area contributed by atoms with E-state index in [0.29, 0.717) is 18.1 Å². The molecule has 0 unspecified atom stereocenters. The summed E-state index contributed by atoms with van der Waals surface area (Å²) in [5.41, 5.74) is 14.1. The van der Waals surface area contributed by atoms with Crippen molar-refractivity contribution >= 4 is 5.91 Å². The highest BCUT2D eigenvalue weighted by molar-refractivity contribution is 5.95. The number of hydrogen-bond donors (Lipinski definition) is 2. The lowest BCUT2D eigenvalue weighted by molar-refractivity contribution is 0.0991. The van der Waals surface area contributed by atoms with E-state index < -0.39 is 5.91 Å². The SMILES string of the molecule is NC(=O)c1cc2c(nc1OCC1(N)CCCCC1)CCC2. The lowest BCUT2D eigenvalue weighted by atomic mass is 9.83. The second-order valence-electron chi connectivity index (χ2n) is 6.38. The van der Waals surface area contributed by atoms with Crippen LogP contribution in [0.15, 0.2) is 6.07 Å². The Hall–Kier alpha value is -1.62. The van der Waals surface area contributed by atoms with Gasteiger partial charge >= 0.3 is 0 Å². The van der Waals surface area contributed by atoms with Gasteiger partial charge in [0.15, 0.2) is 0 Å². The third kappa shape index (κ3) is 3.02. The molecule has 0 spiro atoms. The topological polar surface area (TPSA) is 91.2 Å². The average molecular weight is 289 g/mol. The number of pyridine rings is 1. The van der Waals surface area contributed by atoms with Crippen molar-refractivity contribution < 1.29 is 9.53 Å². The zero-order valence-electron chi connectivity index (χ0n) is 12.4. The zero-order chi connectivity index (χ0) is 14.9. The van der Waals surface area contributed by atoms with E-state index in [9.17, 15) is 4.79 Å². The van der Waals surface area contributed by atoms with Crippen LogP contribution in [0.4, 0.5) is 0 Å². The second-order valence-corrected chi connectivity index (χ2v) is 6.38. The number of carbonyl (C=O) groups is 1. The van der Waals surface area contributed by atoms with Crippen LogP contribution >= 0.6 is 0 Å². The predicted molar refractivity (Wildman–Crippen MR) is 80.3 cm³/mol. The number of aryl methyl sites for hydroxylation is 2. The number of nitrogens with two attached hydrogens (primary N) is 2. The number of ether oxygens (including phenoxy) is 1. The molecule has 1 aromatic heterocycles. The van der Waals surface area contributed by atoms with Gasteiger partial charge in [-0.3, -0.25) is 4.79 Å². The molecule has 1 heterocycles. The summed E-state index contributed by atoms with van der Waals surface area (Å²) in [5, 5.41) is 0. The standard InChI is InChI=1S/C16H23N3O2/c17-14(20)12-9-11-5-4-6-13(11)19-15(12)21-10-16(18)7-2-1-3-8-16/h9H,1-8,10,18H2,(H2,17,20). The van der Waals surface area contributed by atoms with Gasteiger partial charge in [-0.25, -0.2) is 4.98 Å². The summed E-state index contributed by atoms with van der Waals surface area (Å²) >= 11 is 0. The van der Waals surface area contributed by atoms with Gasteiger partial charge in [0.05, 0.1) is 5.54 Å². The molecule has 1 amide bonds. The quantitative estimate of drug-likeness (QED) is 0.882. The molecule has 0 aromatic carbocycles. The van der Waals surface area contributed by atoms with Crippen molar-refractivity contribution in [2.75, 3.05) is 6.61 Å². The zero-order valence-corrected chi connectivity index (χ0v) is 12.4. The van der Waals surface area contributed by atoms with Crippen molar-refractivity contribution in [3.8, 4) is 5.88 Å². The Morgan fingerprint density at radius 3 is 2.71 bits per heavy atom. The van der Waals surface area contributed by atoms with Crippen LogP contribution in [0.5, 0.6) is 5.88 Å². The Morgan fingerprint density at radius 2 is 2.00 bits per heavy atom. The molecular weight excluding hydrogens is 266 g/mol. The molecule has 0 atom stereocenters. The summed E-state index contributed by atoms with van der Waals surface area (Å²) in [7, 11) is 0. The van der Waals surface area contributed by atoms with Crippen LogP contribution < -0.4 is 16.2 Å². The fourth-order valence-electron chi connectivity index (χ4n) is 3.35. The van der Waals surface area contributed by atoms with Crippen molar-refractivity contribution in [1.29, 1.82) is 0 Å². The Labute approximate surface area is 125 Å². The monoisotopic (exact) mass is 289 g/mol. The minimum atomic E-state index is -0.484. The van der Waals surface area contributed by atoms with Gasteiger partial charge in [0.1, 0.15) is 12.2 Å². The van der Waals surface area contributed by atoms with E-state index in [1.165, 1.54) is 6.42 Å². The largest absolute Gasteiger partial charge is 0.475 e. The molecule has 0 aliphatic heterocycles. The van der Waals surface area contributed by atoms with Gasteiger partial charge in [0, 0.05) is 5.69 Å². The van der Waals surface area contributed by atoms with Crippen molar-refractivity contribution in [3.05, 3.63) is 22.9 Å². The van der Waals surface area contributed by atoms with Crippen LogP contribution in [0.2, 0.25) is 0 Å². The Balaban J connectivity index is 1.79. The maximum absolute atomic E-state index is 11.6. The second kappa shape index (κ2) is 5.64. The third-order valence-electron chi connectivity index (χ3n) is 4.63. The molecule has 114 valence electrons. The highest BCUT2D eigenvalue weighted by atomic mass is 16.5. The van der Waals surface area contributed by atoms with E-state index in [-0.39, 0.29) is 5.54 Å². The highest BCUT2D eigenvalue weighted by Gasteiger charge is 2.29. The van der Waals surface area contributed by atoms with Crippen LogP contribution in [-0.2, 0) is 12.8 Å². The number of carbonyl (C=O) groups excluding carboxylic acids is 1. The first kappa shape index (κ1) is 14.3. The van der Waals surface area contributed by atoms with Gasteiger partial charge in [-0.15, -0.1) is 0 Å². The molecule has 2 aliphatic rings. The molecule has 2 aliphatic carbocycles. The highest BCUT2D eigenvalue weighted by Crippen LogP contribution is 2.29. The Morgan fingerprint density at radius 1 is 1.24 bits per heavy atom. The van der Waals surface area contributed by atoms with Crippen LogP contribution in [0.25, 0.3) is 0 Å². The van der Waals surface area contributed by atoms with Crippen LogP contribution in [0.1, 0.15) is 60.1 Å². The lowest BCUT2D eigenvalue weighted by Gasteiger charge is -2.33. The number of amides is 1. The number of hydrogen-bond acceptors (Lipinski definition) is 4. The Kier molecular flexibility index (Phi) is 3.85. The third-order valence-corrected chi connectivity index (χ3v) is 4.63. The molecule has 21 heavy (non-hydrogen) atoms. The van der Waals surface area contributed by atoms with Gasteiger partial charge < -0.3 is 16.2 Å². The number of aromatic nitrogens is 1. The van der Waals surface area contributed by atoms with Gasteiger partial charge in [-0.2, -0.15) is 0 Å². The van der Waals surface area contributed by atoms with Crippen LogP contribution in [-0.4, -0.2) is 23.0 Å². The van der Waals surface area contributed by atoms with Crippen molar-refractivity contribution in [1.82, 2.24) is 4.98 Å². The number of nitrogens with zero attached hydrogens (tertiary/aromatic N) is 1. The van der Waals surface area contributed by atoms with Gasteiger partial charge in [0.25, 0.3) is 5.91 Å². The van der Waals surface area contributed by atoms with E-state index in [1.807, 2.05) is 6.07 Å². The average Bonchev–Trinajstić information content (AvgIpc) is 2.92. The summed E-state index contributed by atoms with van der Waals surface area (Å²) in [6, 6.07) is 1.84. The lowest BCUT2D eigenvalue weighted by Crippen LogP contribution is -2.47. The minimum Gasteiger partial charge on any atom is -0.475 e. The fraction of sp³-hybridized carbons (Fsp3) is 0.625. The summed E-state index contributed by atoms with van der Waals surface area (Å²) in [4.78, 5) is 16.1. The number of rotatable bonds is 4. The van der Waals surface area contributed by atoms with E-state index in [1.54, 1.807) is 0 Å². The minimum absolute atomic E-state index is 0.298. The molecule has 5 nitrogen and oxygen atoms in total. The molecular formula is C16H23N3O2. The maximum Gasteiger partial charge on any atom is 0.254 e. The first-order valence-corrected chi connectivity index (χ1v) is 7.82. The molecule has 5 heteroatoms.